The van der Waals surface area contributed by atoms with E-state index in [2.05, 4.69) is 15.1 Å². The number of H-pyrrole nitrogens is 1. The van der Waals surface area contributed by atoms with E-state index in [1.54, 1.807) is 12.3 Å². The van der Waals surface area contributed by atoms with Crippen LogP contribution in [0, 0.1) is 11.3 Å². The smallest absolute Gasteiger partial charge is 0.274 e. The Kier molecular flexibility index (Phi) is 2.03. The van der Waals surface area contributed by atoms with Gasteiger partial charge in [0.2, 0.25) is 0 Å². The Hall–Kier alpha value is -2.09. The molecular formula is C9H8N4O. The third-order valence-corrected chi connectivity index (χ3v) is 1.83. The van der Waals surface area contributed by atoms with Gasteiger partial charge in [0.1, 0.15) is 11.8 Å². The third kappa shape index (κ3) is 1.38. The van der Waals surface area contributed by atoms with Crippen molar-refractivity contribution in [1.29, 1.82) is 5.26 Å². The summed E-state index contributed by atoms with van der Waals surface area (Å²) in [6, 6.07) is 3.69. The second kappa shape index (κ2) is 3.34. The lowest BCUT2D eigenvalue weighted by Crippen LogP contribution is -1.81. The molecule has 1 N–H and O–H groups in total. The fraction of sp³-hybridized carbons (Fsp3) is 0.222. The SMILES string of the molecule is CCc1noc(-c2cc(C#N)c[nH]2)n1. The van der Waals surface area contributed by atoms with Gasteiger partial charge in [0.05, 0.1) is 5.56 Å². The molecule has 0 aromatic carbocycles. The van der Waals surface area contributed by atoms with Gasteiger partial charge >= 0.3 is 0 Å². The van der Waals surface area contributed by atoms with Crippen LogP contribution in [0.5, 0.6) is 0 Å². The van der Waals surface area contributed by atoms with Crippen LogP contribution in [-0.2, 0) is 6.42 Å². The van der Waals surface area contributed by atoms with Gasteiger partial charge in [-0.2, -0.15) is 10.2 Å². The van der Waals surface area contributed by atoms with Gasteiger partial charge in [-0.1, -0.05) is 12.1 Å². The summed E-state index contributed by atoms with van der Waals surface area (Å²) in [5, 5.41) is 12.4. The van der Waals surface area contributed by atoms with Crippen LogP contribution in [0.2, 0.25) is 0 Å². The molecule has 0 spiro atoms. The molecule has 14 heavy (non-hydrogen) atoms. The molecular weight excluding hydrogens is 180 g/mol. The minimum absolute atomic E-state index is 0.420. The van der Waals surface area contributed by atoms with Crippen LogP contribution in [0.15, 0.2) is 16.8 Å². The van der Waals surface area contributed by atoms with Crippen LogP contribution in [0.25, 0.3) is 11.6 Å². The van der Waals surface area contributed by atoms with Crippen LogP contribution in [0.1, 0.15) is 18.3 Å². The number of aryl methyl sites for hydroxylation is 1. The average molecular weight is 188 g/mol. The van der Waals surface area contributed by atoms with Gasteiger partial charge in [-0.3, -0.25) is 0 Å². The normalized spacial score (nSPS) is 10.0. The zero-order chi connectivity index (χ0) is 9.97. The largest absolute Gasteiger partial charge is 0.356 e. The van der Waals surface area contributed by atoms with E-state index in [4.69, 9.17) is 9.78 Å². The Morgan fingerprint density at radius 1 is 1.64 bits per heavy atom. The van der Waals surface area contributed by atoms with Crippen LogP contribution in [0.4, 0.5) is 0 Å². The fourth-order valence-corrected chi connectivity index (χ4v) is 1.09. The highest BCUT2D eigenvalue weighted by molar-refractivity contribution is 5.51. The maximum absolute atomic E-state index is 8.61. The molecule has 0 aliphatic carbocycles. The van der Waals surface area contributed by atoms with Crippen molar-refractivity contribution in [2.24, 2.45) is 0 Å². The maximum atomic E-state index is 8.61. The van der Waals surface area contributed by atoms with Gasteiger partial charge in [0.15, 0.2) is 5.82 Å². The van der Waals surface area contributed by atoms with Gasteiger partial charge in [0.25, 0.3) is 5.89 Å². The second-order valence-corrected chi connectivity index (χ2v) is 2.78. The molecule has 0 saturated carbocycles. The molecule has 70 valence electrons. The van der Waals surface area contributed by atoms with Crippen molar-refractivity contribution in [2.45, 2.75) is 13.3 Å². The van der Waals surface area contributed by atoms with Gasteiger partial charge in [0, 0.05) is 12.6 Å². The predicted octanol–water partition coefficient (Wildman–Crippen LogP) is 1.50. The first-order chi connectivity index (χ1) is 6.83. The van der Waals surface area contributed by atoms with E-state index in [0.717, 1.165) is 6.42 Å². The van der Waals surface area contributed by atoms with Crippen molar-refractivity contribution in [3.63, 3.8) is 0 Å². The van der Waals surface area contributed by atoms with E-state index in [-0.39, 0.29) is 0 Å². The highest BCUT2D eigenvalue weighted by atomic mass is 16.5. The average Bonchev–Trinajstić information content (AvgIpc) is 2.86. The Bertz CT molecular complexity index is 477. The van der Waals surface area contributed by atoms with Crippen molar-refractivity contribution in [2.75, 3.05) is 0 Å². The lowest BCUT2D eigenvalue weighted by Gasteiger charge is -1.83. The first-order valence-corrected chi connectivity index (χ1v) is 4.25. The predicted molar refractivity (Wildman–Crippen MR) is 48.2 cm³/mol. The second-order valence-electron chi connectivity index (χ2n) is 2.78. The van der Waals surface area contributed by atoms with E-state index in [0.29, 0.717) is 23.0 Å². The fourth-order valence-electron chi connectivity index (χ4n) is 1.09. The van der Waals surface area contributed by atoms with E-state index < -0.39 is 0 Å². The highest BCUT2D eigenvalue weighted by Crippen LogP contribution is 2.16. The van der Waals surface area contributed by atoms with E-state index in [1.807, 2.05) is 13.0 Å². The molecule has 2 aromatic heterocycles. The number of nitriles is 1. The molecule has 2 aromatic rings. The quantitative estimate of drug-likeness (QED) is 0.774. The van der Waals surface area contributed by atoms with E-state index in [9.17, 15) is 0 Å². The molecule has 0 fully saturated rings. The molecule has 0 bridgehead atoms. The minimum Gasteiger partial charge on any atom is -0.356 e. The minimum atomic E-state index is 0.420. The summed E-state index contributed by atoms with van der Waals surface area (Å²) < 4.78 is 5.00. The topological polar surface area (TPSA) is 78.5 Å². The Morgan fingerprint density at radius 3 is 3.07 bits per heavy atom. The highest BCUT2D eigenvalue weighted by Gasteiger charge is 2.09. The van der Waals surface area contributed by atoms with Gasteiger partial charge in [-0.25, -0.2) is 0 Å². The van der Waals surface area contributed by atoms with Crippen molar-refractivity contribution in [3.8, 4) is 17.7 Å². The van der Waals surface area contributed by atoms with E-state index in [1.165, 1.54) is 0 Å². The summed E-state index contributed by atoms with van der Waals surface area (Å²) in [6.45, 7) is 1.95. The molecule has 0 aliphatic heterocycles. The summed E-state index contributed by atoms with van der Waals surface area (Å²) in [6.07, 6.45) is 2.33. The van der Waals surface area contributed by atoms with Crippen LogP contribution < -0.4 is 0 Å². The number of aromatic nitrogens is 3. The van der Waals surface area contributed by atoms with Gasteiger partial charge < -0.3 is 9.51 Å². The standard InChI is InChI=1S/C9H8N4O/c1-2-8-12-9(14-13-8)7-3-6(4-10)5-11-7/h3,5,11H,2H2,1H3. The summed E-state index contributed by atoms with van der Waals surface area (Å²) in [7, 11) is 0. The maximum Gasteiger partial charge on any atom is 0.274 e. The first-order valence-electron chi connectivity index (χ1n) is 4.25. The van der Waals surface area contributed by atoms with Crippen molar-refractivity contribution in [1.82, 2.24) is 15.1 Å². The Morgan fingerprint density at radius 2 is 2.50 bits per heavy atom. The lowest BCUT2D eigenvalue weighted by molar-refractivity contribution is 0.422. The number of nitrogens with zero attached hydrogens (tertiary/aromatic N) is 3. The van der Waals surface area contributed by atoms with Gasteiger partial charge in [-0.05, 0) is 6.07 Å². The van der Waals surface area contributed by atoms with Crippen LogP contribution >= 0.6 is 0 Å². The van der Waals surface area contributed by atoms with Crippen LogP contribution in [-0.4, -0.2) is 15.1 Å². The number of hydrogen-bond acceptors (Lipinski definition) is 4. The number of hydrogen-bond donors (Lipinski definition) is 1. The molecule has 5 nitrogen and oxygen atoms in total. The molecule has 2 rings (SSSR count). The molecule has 0 saturated heterocycles. The van der Waals surface area contributed by atoms with Crippen LogP contribution in [0.3, 0.4) is 0 Å². The number of nitrogens with one attached hydrogen (secondary N) is 1. The first kappa shape index (κ1) is 8.51. The zero-order valence-electron chi connectivity index (χ0n) is 7.61. The van der Waals surface area contributed by atoms with E-state index >= 15 is 0 Å². The third-order valence-electron chi connectivity index (χ3n) is 1.83. The Labute approximate surface area is 80.4 Å². The zero-order valence-corrected chi connectivity index (χ0v) is 7.61. The molecule has 0 unspecified atom stereocenters. The molecule has 0 aliphatic rings. The lowest BCUT2D eigenvalue weighted by atomic mass is 10.3. The summed E-state index contributed by atoms with van der Waals surface area (Å²) in [5.74, 6) is 1.08. The summed E-state index contributed by atoms with van der Waals surface area (Å²) >= 11 is 0. The monoisotopic (exact) mass is 188 g/mol. The summed E-state index contributed by atoms with van der Waals surface area (Å²) in [4.78, 5) is 7.02. The van der Waals surface area contributed by atoms with Crippen molar-refractivity contribution in [3.05, 3.63) is 23.7 Å². The number of aromatic amines is 1. The molecule has 2 heterocycles. The molecule has 5 heteroatoms. The van der Waals surface area contributed by atoms with Crippen molar-refractivity contribution < 1.29 is 4.52 Å². The van der Waals surface area contributed by atoms with Crippen molar-refractivity contribution >= 4 is 0 Å². The number of rotatable bonds is 2. The molecule has 0 radical (unpaired) electrons. The van der Waals surface area contributed by atoms with Gasteiger partial charge in [-0.15, -0.1) is 0 Å². The Balaban J connectivity index is 2.35. The summed E-state index contributed by atoms with van der Waals surface area (Å²) in [5.41, 5.74) is 1.23. The molecule has 0 atom stereocenters. The molecule has 0 amide bonds.